The maximum atomic E-state index is 11.1. The third-order valence-electron chi connectivity index (χ3n) is 3.85. The number of benzene rings is 1. The Balaban J connectivity index is 1.88. The van der Waals surface area contributed by atoms with Crippen LogP contribution in [0, 0.1) is 0 Å². The van der Waals surface area contributed by atoms with E-state index in [-0.39, 0.29) is 5.56 Å². The summed E-state index contributed by atoms with van der Waals surface area (Å²) < 4.78 is 11.5. The summed E-state index contributed by atoms with van der Waals surface area (Å²) in [5, 5.41) is 9.09. The molecule has 0 bridgehead atoms. The fraction of sp³-hybridized carbons (Fsp3) is 0.500. The second kappa shape index (κ2) is 4.96. The largest absolute Gasteiger partial charge is 0.478 e. The van der Waals surface area contributed by atoms with Gasteiger partial charge in [-0.05, 0) is 24.6 Å². The minimum atomic E-state index is -0.952. The molecule has 0 aliphatic carbocycles. The third-order valence-corrected chi connectivity index (χ3v) is 3.85. The van der Waals surface area contributed by atoms with Crippen molar-refractivity contribution in [1.29, 1.82) is 0 Å². The van der Waals surface area contributed by atoms with Gasteiger partial charge in [0.25, 0.3) is 0 Å². The van der Waals surface area contributed by atoms with E-state index in [0.29, 0.717) is 25.4 Å². The summed E-state index contributed by atoms with van der Waals surface area (Å²) in [4.78, 5) is 13.1. The second-order valence-corrected chi connectivity index (χ2v) is 5.21. The SMILES string of the molecule is Nc1ccc(C(=O)O)cc1N1CCCC2(C1)OCCO2. The average molecular weight is 278 g/mol. The number of carboxylic acid groups (broad SMARTS) is 1. The van der Waals surface area contributed by atoms with Crippen LogP contribution in [0.25, 0.3) is 0 Å². The van der Waals surface area contributed by atoms with E-state index in [1.54, 1.807) is 12.1 Å². The van der Waals surface area contributed by atoms with Crippen molar-refractivity contribution < 1.29 is 19.4 Å². The summed E-state index contributed by atoms with van der Waals surface area (Å²) in [7, 11) is 0. The number of rotatable bonds is 2. The number of anilines is 2. The van der Waals surface area contributed by atoms with Crippen LogP contribution >= 0.6 is 0 Å². The lowest BCUT2D eigenvalue weighted by molar-refractivity contribution is -0.161. The molecule has 3 rings (SSSR count). The standard InChI is InChI=1S/C14H18N2O4/c15-11-3-2-10(13(17)18)8-12(11)16-5-1-4-14(9-16)19-6-7-20-14/h2-3,8H,1,4-7,9,15H2,(H,17,18). The van der Waals surface area contributed by atoms with E-state index in [0.717, 1.165) is 25.1 Å². The number of nitrogen functional groups attached to an aromatic ring is 1. The van der Waals surface area contributed by atoms with E-state index >= 15 is 0 Å². The number of ether oxygens (including phenoxy) is 2. The summed E-state index contributed by atoms with van der Waals surface area (Å²) in [5.41, 5.74) is 7.54. The molecular weight excluding hydrogens is 260 g/mol. The average Bonchev–Trinajstić information content (AvgIpc) is 2.87. The zero-order chi connectivity index (χ0) is 14.2. The van der Waals surface area contributed by atoms with Crippen molar-refractivity contribution in [2.24, 2.45) is 0 Å². The Bertz CT molecular complexity index is 526. The van der Waals surface area contributed by atoms with E-state index < -0.39 is 11.8 Å². The summed E-state index contributed by atoms with van der Waals surface area (Å²) in [6, 6.07) is 4.77. The van der Waals surface area contributed by atoms with Crippen molar-refractivity contribution in [1.82, 2.24) is 0 Å². The first-order chi connectivity index (χ1) is 9.60. The maximum Gasteiger partial charge on any atom is 0.335 e. The Kier molecular flexibility index (Phi) is 3.27. The molecule has 2 aliphatic rings. The molecule has 1 aromatic carbocycles. The first-order valence-corrected chi connectivity index (χ1v) is 6.75. The zero-order valence-electron chi connectivity index (χ0n) is 11.2. The number of piperidine rings is 1. The van der Waals surface area contributed by atoms with Crippen LogP contribution in [0.5, 0.6) is 0 Å². The molecule has 20 heavy (non-hydrogen) atoms. The summed E-state index contributed by atoms with van der Waals surface area (Å²) in [6.45, 7) is 2.62. The normalized spacial score (nSPS) is 21.3. The van der Waals surface area contributed by atoms with E-state index in [1.807, 2.05) is 0 Å². The van der Waals surface area contributed by atoms with Gasteiger partial charge in [-0.3, -0.25) is 0 Å². The van der Waals surface area contributed by atoms with Crippen LogP contribution < -0.4 is 10.6 Å². The van der Waals surface area contributed by atoms with Gasteiger partial charge in [0, 0.05) is 13.0 Å². The molecule has 6 heteroatoms. The van der Waals surface area contributed by atoms with Gasteiger partial charge in [-0.25, -0.2) is 4.79 Å². The van der Waals surface area contributed by atoms with Crippen molar-refractivity contribution in [3.8, 4) is 0 Å². The Labute approximate surface area is 117 Å². The number of nitrogens with zero attached hydrogens (tertiary/aromatic N) is 1. The molecule has 0 radical (unpaired) electrons. The summed E-state index contributed by atoms with van der Waals surface area (Å²) in [6.07, 6.45) is 1.79. The van der Waals surface area contributed by atoms with Crippen LogP contribution in [0.15, 0.2) is 18.2 Å². The van der Waals surface area contributed by atoms with Crippen molar-refractivity contribution >= 4 is 17.3 Å². The van der Waals surface area contributed by atoms with Gasteiger partial charge >= 0.3 is 5.97 Å². The van der Waals surface area contributed by atoms with Gasteiger partial charge in [0.2, 0.25) is 0 Å². The molecule has 0 unspecified atom stereocenters. The highest BCUT2D eigenvalue weighted by Gasteiger charge is 2.41. The maximum absolute atomic E-state index is 11.1. The molecule has 1 spiro atoms. The van der Waals surface area contributed by atoms with E-state index in [1.165, 1.54) is 6.07 Å². The molecule has 6 nitrogen and oxygen atoms in total. The fourth-order valence-corrected chi connectivity index (χ4v) is 2.88. The topological polar surface area (TPSA) is 85.0 Å². The number of hydrogen-bond acceptors (Lipinski definition) is 5. The van der Waals surface area contributed by atoms with Crippen molar-refractivity contribution in [2.75, 3.05) is 36.9 Å². The van der Waals surface area contributed by atoms with Gasteiger partial charge in [0.15, 0.2) is 5.79 Å². The van der Waals surface area contributed by atoms with E-state index in [9.17, 15) is 4.79 Å². The number of carbonyl (C=O) groups is 1. The van der Waals surface area contributed by atoms with Gasteiger partial charge in [-0.15, -0.1) is 0 Å². The molecule has 0 amide bonds. The lowest BCUT2D eigenvalue weighted by Gasteiger charge is -2.40. The zero-order valence-corrected chi connectivity index (χ0v) is 11.2. The third kappa shape index (κ3) is 2.32. The second-order valence-electron chi connectivity index (χ2n) is 5.21. The highest BCUT2D eigenvalue weighted by atomic mass is 16.7. The predicted molar refractivity (Wildman–Crippen MR) is 73.9 cm³/mol. The molecule has 2 heterocycles. The summed E-state index contributed by atoms with van der Waals surface area (Å²) in [5.74, 6) is -1.50. The van der Waals surface area contributed by atoms with Crippen LogP contribution in [0.2, 0.25) is 0 Å². The van der Waals surface area contributed by atoms with Crippen LogP contribution in [0.1, 0.15) is 23.2 Å². The van der Waals surface area contributed by atoms with Crippen LogP contribution in [0.4, 0.5) is 11.4 Å². The van der Waals surface area contributed by atoms with E-state index in [2.05, 4.69) is 4.90 Å². The van der Waals surface area contributed by atoms with Crippen molar-refractivity contribution in [3.05, 3.63) is 23.8 Å². The van der Waals surface area contributed by atoms with Crippen molar-refractivity contribution in [3.63, 3.8) is 0 Å². The number of nitrogens with two attached hydrogens (primary N) is 1. The van der Waals surface area contributed by atoms with Crippen molar-refractivity contribution in [2.45, 2.75) is 18.6 Å². The van der Waals surface area contributed by atoms with Crippen LogP contribution in [-0.2, 0) is 9.47 Å². The highest BCUT2D eigenvalue weighted by molar-refractivity contribution is 5.90. The first kappa shape index (κ1) is 13.2. The highest BCUT2D eigenvalue weighted by Crippen LogP contribution is 2.35. The van der Waals surface area contributed by atoms with Gasteiger partial charge in [0.05, 0.1) is 36.7 Å². The molecule has 0 aromatic heterocycles. The molecular formula is C14H18N2O4. The molecule has 2 fully saturated rings. The number of aromatic carboxylic acids is 1. The van der Waals surface area contributed by atoms with Gasteiger partial charge in [-0.2, -0.15) is 0 Å². The molecule has 108 valence electrons. The lowest BCUT2D eigenvalue weighted by atomic mass is 10.0. The quantitative estimate of drug-likeness (QED) is 0.793. The molecule has 2 saturated heterocycles. The fourth-order valence-electron chi connectivity index (χ4n) is 2.88. The molecule has 2 aliphatic heterocycles. The first-order valence-electron chi connectivity index (χ1n) is 6.75. The monoisotopic (exact) mass is 278 g/mol. The minimum Gasteiger partial charge on any atom is -0.478 e. The molecule has 0 atom stereocenters. The van der Waals surface area contributed by atoms with Gasteiger partial charge < -0.3 is 25.2 Å². The Morgan fingerprint density at radius 3 is 2.80 bits per heavy atom. The summed E-state index contributed by atoms with van der Waals surface area (Å²) >= 11 is 0. The van der Waals surface area contributed by atoms with Gasteiger partial charge in [0.1, 0.15) is 0 Å². The van der Waals surface area contributed by atoms with Crippen LogP contribution in [-0.4, -0.2) is 43.2 Å². The Morgan fingerprint density at radius 1 is 1.35 bits per heavy atom. The van der Waals surface area contributed by atoms with Gasteiger partial charge in [-0.1, -0.05) is 0 Å². The number of carboxylic acids is 1. The predicted octanol–water partition coefficient (Wildman–Crippen LogP) is 1.31. The van der Waals surface area contributed by atoms with E-state index in [4.69, 9.17) is 20.3 Å². The van der Waals surface area contributed by atoms with Crippen LogP contribution in [0.3, 0.4) is 0 Å². The smallest absolute Gasteiger partial charge is 0.335 e. The Hall–Kier alpha value is -1.79. The molecule has 3 N–H and O–H groups in total. The minimum absolute atomic E-state index is 0.238. The number of hydrogen-bond donors (Lipinski definition) is 2. The Morgan fingerprint density at radius 2 is 2.10 bits per heavy atom. The lowest BCUT2D eigenvalue weighted by Crippen LogP contribution is -2.49. The molecule has 1 aromatic rings. The molecule has 0 saturated carbocycles.